The van der Waals surface area contributed by atoms with Crippen LogP contribution in [-0.2, 0) is 147 Å². The van der Waals surface area contributed by atoms with E-state index in [-0.39, 0.29) is 146 Å². The summed E-state index contributed by atoms with van der Waals surface area (Å²) in [6.07, 6.45) is 9.06. The van der Waals surface area contributed by atoms with Gasteiger partial charge in [-0.3, -0.25) is 24.0 Å². The Morgan fingerprint density at radius 1 is 0.389 bits per heavy atom. The van der Waals surface area contributed by atoms with E-state index in [4.69, 9.17) is 140 Å². The summed E-state index contributed by atoms with van der Waals surface area (Å²) in [6, 6.07) is 0.374. The molecule has 2 saturated heterocycles. The molecule has 7 unspecified atom stereocenters. The molecule has 39 nitrogen and oxygen atoms in total. The Morgan fingerprint density at radius 3 is 1.08 bits per heavy atom. The van der Waals surface area contributed by atoms with Gasteiger partial charge in [-0.1, -0.05) is 27.2 Å². The molecule has 0 aromatic carbocycles. The van der Waals surface area contributed by atoms with Crippen LogP contribution < -0.4 is 38.5 Å². The molecule has 6 rings (SSSR count). The van der Waals surface area contributed by atoms with Gasteiger partial charge in [-0.2, -0.15) is 11.8 Å². The summed E-state index contributed by atoms with van der Waals surface area (Å²) in [5.74, 6) is 0.678. The normalized spacial score (nSPS) is 23.4. The van der Waals surface area contributed by atoms with Crippen molar-refractivity contribution >= 4 is 47.5 Å². The first-order chi connectivity index (χ1) is 64.2. The van der Waals surface area contributed by atoms with E-state index in [2.05, 4.69) is 42.0 Å². The van der Waals surface area contributed by atoms with E-state index < -0.39 is 5.41 Å². The third-order valence-corrected chi connectivity index (χ3v) is 26.1. The summed E-state index contributed by atoms with van der Waals surface area (Å²) < 4.78 is 147. The van der Waals surface area contributed by atoms with Crippen LogP contribution in [0.15, 0.2) is 0 Å². The van der Waals surface area contributed by atoms with Crippen molar-refractivity contribution in [2.45, 2.75) is 159 Å². The molecule has 0 aromatic heterocycles. The fourth-order valence-electron chi connectivity index (χ4n) is 18.0. The van der Waals surface area contributed by atoms with Gasteiger partial charge in [0.05, 0.1) is 335 Å². The summed E-state index contributed by atoms with van der Waals surface area (Å²) in [7, 11) is 0. The van der Waals surface area contributed by atoms with Gasteiger partial charge in [-0.15, -0.1) is 0 Å². The molecule has 4 aliphatic carbocycles. The second kappa shape index (κ2) is 75.9. The molecule has 2 aliphatic heterocycles. The molecule has 6 aliphatic rings. The zero-order chi connectivity index (χ0) is 93.4. The minimum atomic E-state index is -0.433. The Bertz CT molecular complexity index is 2880. The first-order valence-corrected chi connectivity index (χ1v) is 49.4. The van der Waals surface area contributed by atoms with Crippen LogP contribution in [0, 0.1) is 46.3 Å². The van der Waals surface area contributed by atoms with Crippen LogP contribution in [0.1, 0.15) is 124 Å². The van der Waals surface area contributed by atoms with Gasteiger partial charge in [0.25, 0.3) is 0 Å². The number of rotatable bonds is 90. The number of ether oxygens (including phenoxy) is 26. The smallest absolute Gasteiger partial charge is 0.315 e. The highest BCUT2D eigenvalue weighted by Crippen LogP contribution is 2.69. The number of hydrogen-bond acceptors (Lipinski definition) is 36. The number of unbranched alkanes of at least 4 members (excludes halogenated alkanes) is 1. The highest BCUT2D eigenvalue weighted by molar-refractivity contribution is 8.00. The van der Waals surface area contributed by atoms with Crippen molar-refractivity contribution in [1.82, 2.24) is 21.3 Å². The van der Waals surface area contributed by atoms with Gasteiger partial charge in [0.2, 0.25) is 11.8 Å². The molecule has 2 heterocycles. The van der Waals surface area contributed by atoms with Crippen molar-refractivity contribution in [1.29, 1.82) is 0 Å². The average Bonchev–Trinajstić information content (AvgIpc) is 1.66. The highest BCUT2D eigenvalue weighted by atomic mass is 32.2. The molecular weight excluding hydrogens is 1740 g/mol. The molecule has 40 heteroatoms. The standard InChI is InChI=1S/C91H167N7O32S/c1-72(75-9-10-76-87-77(70-81(91(75,76)3)130-86(103)15-19-94)90(2)16-12-74(128-84(101)13-17-92)68-73(90)69-79(87)129-85(102)14-18-93)8-11-83(100)96-21-23-106-25-27-108-29-31-110-33-35-112-37-39-114-41-43-116-45-47-118-49-51-120-53-55-122-57-59-124-61-63-126-65-67-127-66-64-125-62-60-123-58-56-121-54-52-119-50-48-117-46-44-115-42-40-113-38-36-111-34-32-109-30-28-107-26-24-105-22-20-95-82(99)7-5-4-6-80-88-78(71-131-80)97-89(104)98-88/h72-81,87-88H,4-71,92-94H2,1-3H3,(H,95,99)(H,96,100)(H2,97,98,104)/t72-,73?,74-,75?,76?,77?,78?,79-,80-,81+,87?,88?,90+,91-/m1/s1. The number of hydrogen-bond donors (Lipinski definition) is 7. The van der Waals surface area contributed by atoms with E-state index in [0.29, 0.717) is 361 Å². The van der Waals surface area contributed by atoms with Gasteiger partial charge < -0.3 is 162 Å². The minimum absolute atomic E-state index is 0.0339. The number of fused-ring (bicyclic) bond motifs is 6. The SMILES string of the molecule is C[C@H](CCC(=O)NCCOCCOCCOCCOCCOCCOCCOCCOCCOCCOCCOCCOCCOCCOCCOCCOCCOCCOCCOCCOCCOCCOCCOCCNC(=O)CCCC[C@H]1SCC2NC(=O)NC21)C1CCC2C3C(C[C@H](OC(=O)CCN)[C@@]21C)[C@@]1(C)CC[C@@H](OC(=O)CCN)CC1C[C@H]3OC(=O)CCN. The zero-order valence-corrected chi connectivity index (χ0v) is 80.0. The van der Waals surface area contributed by atoms with Crippen molar-refractivity contribution in [3.05, 3.63) is 0 Å². The Kier molecular flexibility index (Phi) is 67.0. The van der Waals surface area contributed by atoms with Crippen LogP contribution >= 0.6 is 11.8 Å². The van der Waals surface area contributed by atoms with E-state index in [0.717, 1.165) is 50.7 Å². The molecule has 4 amide bonds. The van der Waals surface area contributed by atoms with Crippen LogP contribution in [0.2, 0.25) is 0 Å². The van der Waals surface area contributed by atoms with Crippen molar-refractivity contribution in [2.75, 3.05) is 342 Å². The second-order valence-electron chi connectivity index (χ2n) is 33.7. The van der Waals surface area contributed by atoms with Gasteiger partial charge >= 0.3 is 23.9 Å². The van der Waals surface area contributed by atoms with Crippen LogP contribution in [0.4, 0.5) is 4.79 Å². The van der Waals surface area contributed by atoms with Crippen LogP contribution in [-0.4, -0.2) is 414 Å². The Balaban J connectivity index is 0.566. The third kappa shape index (κ3) is 50.9. The predicted octanol–water partition coefficient (Wildman–Crippen LogP) is 3.40. The Morgan fingerprint density at radius 2 is 0.725 bits per heavy atom. The first-order valence-electron chi connectivity index (χ1n) is 48.4. The minimum Gasteiger partial charge on any atom is -0.462 e. The molecule has 0 bridgehead atoms. The topological polar surface area (TPSA) is 469 Å². The molecule has 14 atom stereocenters. The number of esters is 3. The van der Waals surface area contributed by atoms with E-state index in [1.807, 2.05) is 11.8 Å². The molecule has 764 valence electrons. The maximum absolute atomic E-state index is 13.4. The van der Waals surface area contributed by atoms with Gasteiger partial charge in [0.15, 0.2) is 0 Å². The maximum atomic E-state index is 13.4. The zero-order valence-electron chi connectivity index (χ0n) is 79.2. The van der Waals surface area contributed by atoms with E-state index in [1.54, 1.807) is 0 Å². The largest absolute Gasteiger partial charge is 0.462 e. The number of carbonyl (C=O) groups excluding carboxylic acids is 6. The number of thioether (sulfide) groups is 1. The van der Waals surface area contributed by atoms with Crippen molar-refractivity contribution in [3.8, 4) is 0 Å². The summed E-state index contributed by atoms with van der Waals surface area (Å²) in [5, 5.41) is 12.3. The van der Waals surface area contributed by atoms with Crippen LogP contribution in [0.25, 0.3) is 0 Å². The van der Waals surface area contributed by atoms with Gasteiger partial charge in [-0.05, 0) is 99.2 Å². The first kappa shape index (κ1) is 116. The lowest BCUT2D eigenvalue weighted by molar-refractivity contribution is -0.225. The van der Waals surface area contributed by atoms with E-state index in [9.17, 15) is 28.8 Å². The van der Waals surface area contributed by atoms with Crippen molar-refractivity contribution < 1.29 is 152 Å². The lowest BCUT2D eigenvalue weighted by Crippen LogP contribution is -2.63. The predicted molar refractivity (Wildman–Crippen MR) is 484 cm³/mol. The fraction of sp³-hybridized carbons (Fsp3) is 0.934. The van der Waals surface area contributed by atoms with Crippen LogP contribution in [0.3, 0.4) is 0 Å². The third-order valence-electron chi connectivity index (χ3n) is 24.6. The van der Waals surface area contributed by atoms with Crippen LogP contribution in [0.5, 0.6) is 0 Å². The second-order valence-corrected chi connectivity index (χ2v) is 35.0. The summed E-state index contributed by atoms with van der Waals surface area (Å²) in [4.78, 5) is 76.1. The number of amides is 4. The Hall–Kier alpha value is -4.07. The Labute approximate surface area is 782 Å². The van der Waals surface area contributed by atoms with E-state index >= 15 is 0 Å². The number of nitrogens with one attached hydrogen (secondary N) is 4. The molecule has 0 radical (unpaired) electrons. The number of urea groups is 1. The van der Waals surface area contributed by atoms with Gasteiger partial charge in [0, 0.05) is 67.9 Å². The average molecular weight is 1900 g/mol. The van der Waals surface area contributed by atoms with Gasteiger partial charge in [-0.25, -0.2) is 4.79 Å². The summed E-state index contributed by atoms with van der Waals surface area (Å²) in [5.41, 5.74) is 16.8. The lowest BCUT2D eigenvalue weighted by atomic mass is 9.43. The lowest BCUT2D eigenvalue weighted by Gasteiger charge is -2.64. The molecule has 6 fully saturated rings. The summed E-state index contributed by atoms with van der Waals surface area (Å²) >= 11 is 1.90. The fourth-order valence-corrected chi connectivity index (χ4v) is 19.5. The summed E-state index contributed by atoms with van der Waals surface area (Å²) in [6.45, 7) is 29.2. The number of nitrogens with two attached hydrogens (primary N) is 3. The molecule has 10 N–H and O–H groups in total. The van der Waals surface area contributed by atoms with E-state index in [1.165, 1.54) is 0 Å². The number of carbonyl (C=O) groups is 6. The molecule has 0 aromatic rings. The highest BCUT2D eigenvalue weighted by Gasteiger charge is 2.68. The quantitative estimate of drug-likeness (QED) is 0.0198. The molecule has 131 heavy (non-hydrogen) atoms. The molecule has 0 spiro atoms. The van der Waals surface area contributed by atoms with Gasteiger partial charge in [0.1, 0.15) is 18.3 Å². The molecule has 4 saturated carbocycles. The maximum Gasteiger partial charge on any atom is 0.315 e. The molecular formula is C91H167N7O32S. The monoisotopic (exact) mass is 1900 g/mol. The van der Waals surface area contributed by atoms with Crippen molar-refractivity contribution in [2.24, 2.45) is 63.5 Å². The van der Waals surface area contributed by atoms with Crippen molar-refractivity contribution in [3.63, 3.8) is 0 Å².